The quantitative estimate of drug-likeness (QED) is 0.322. The Hall–Kier alpha value is 0.207. The Morgan fingerprint density at radius 1 is 1.75 bits per heavy atom. The first-order valence-electron chi connectivity index (χ1n) is 2.52. The summed E-state index contributed by atoms with van der Waals surface area (Å²) < 4.78 is 4.93. The third-order valence-corrected chi connectivity index (χ3v) is 1.63. The van der Waals surface area contributed by atoms with E-state index in [0.29, 0.717) is 5.88 Å². The topological polar surface area (TPSA) is 9.23 Å². The molecule has 0 radical (unpaired) electrons. The van der Waals surface area contributed by atoms with Crippen LogP contribution in [-0.4, -0.2) is 23.0 Å². The monoisotopic (exact) mass is 150 g/mol. The van der Waals surface area contributed by atoms with E-state index in [-0.39, 0.29) is 0 Å². The summed E-state index contributed by atoms with van der Waals surface area (Å²) in [5, 5.41) is 0. The van der Waals surface area contributed by atoms with Crippen LogP contribution in [0, 0.1) is 0 Å². The lowest BCUT2D eigenvalue weighted by Crippen LogP contribution is -1.92. The SMILES string of the molecule is C=C(CCl)CCO[SiH3]. The average Bonchev–Trinajstić information content (AvgIpc) is 1.83. The molecule has 0 atom stereocenters. The molecule has 0 heterocycles. The molecule has 0 aliphatic heterocycles. The van der Waals surface area contributed by atoms with E-state index in [1.54, 1.807) is 0 Å². The lowest BCUT2D eigenvalue weighted by atomic mass is 10.3. The molecular weight excluding hydrogens is 140 g/mol. The number of hydrogen-bond acceptors (Lipinski definition) is 1. The first-order valence-corrected chi connectivity index (χ1v) is 3.88. The molecule has 8 heavy (non-hydrogen) atoms. The molecule has 0 fully saturated rings. The third-order valence-electron chi connectivity index (χ3n) is 0.849. The van der Waals surface area contributed by atoms with Gasteiger partial charge in [0.15, 0.2) is 0 Å². The van der Waals surface area contributed by atoms with Gasteiger partial charge in [-0.1, -0.05) is 12.2 Å². The lowest BCUT2D eigenvalue weighted by molar-refractivity contribution is 0.354. The van der Waals surface area contributed by atoms with Crippen molar-refractivity contribution < 1.29 is 4.43 Å². The first kappa shape index (κ1) is 8.21. The molecular formula is C5H11ClOSi. The number of alkyl halides is 1. The van der Waals surface area contributed by atoms with Crippen LogP contribution >= 0.6 is 11.6 Å². The molecule has 0 aliphatic rings. The van der Waals surface area contributed by atoms with Crippen molar-refractivity contribution in [3.8, 4) is 0 Å². The zero-order valence-corrected chi connectivity index (χ0v) is 7.87. The Morgan fingerprint density at radius 3 is 2.75 bits per heavy atom. The standard InChI is InChI=1S/C5H11ClOSi/c1-5(4-6)2-3-7-8/h1-4H2,8H3. The predicted octanol–water partition coefficient (Wildman–Crippen LogP) is 0.468. The summed E-state index contributed by atoms with van der Waals surface area (Å²) in [6.45, 7) is 4.50. The third kappa shape index (κ3) is 4.37. The number of halogens is 1. The summed E-state index contributed by atoms with van der Waals surface area (Å²) in [5.74, 6) is 0.560. The van der Waals surface area contributed by atoms with Crippen LogP contribution in [-0.2, 0) is 4.43 Å². The zero-order valence-electron chi connectivity index (χ0n) is 5.11. The largest absolute Gasteiger partial charge is 0.428 e. The van der Waals surface area contributed by atoms with E-state index in [4.69, 9.17) is 16.0 Å². The summed E-state index contributed by atoms with van der Waals surface area (Å²) in [5.41, 5.74) is 1.06. The maximum atomic E-state index is 5.44. The highest BCUT2D eigenvalue weighted by molar-refractivity contribution is 6.19. The molecule has 0 aromatic rings. The summed E-state index contributed by atoms with van der Waals surface area (Å²) in [6, 6.07) is 0. The van der Waals surface area contributed by atoms with E-state index < -0.39 is 0 Å². The molecule has 0 rings (SSSR count). The van der Waals surface area contributed by atoms with Crippen LogP contribution in [0.3, 0.4) is 0 Å². The molecule has 1 nitrogen and oxygen atoms in total. The van der Waals surface area contributed by atoms with Crippen molar-refractivity contribution in [3.63, 3.8) is 0 Å². The fourth-order valence-corrected chi connectivity index (χ4v) is 0.651. The van der Waals surface area contributed by atoms with Gasteiger partial charge in [0.05, 0.1) is 0 Å². The molecule has 0 unspecified atom stereocenters. The van der Waals surface area contributed by atoms with E-state index in [1.165, 1.54) is 0 Å². The Balaban J connectivity index is 2.99. The highest BCUT2D eigenvalue weighted by Gasteiger charge is 1.88. The molecule has 3 heteroatoms. The van der Waals surface area contributed by atoms with Crippen molar-refractivity contribution in [1.82, 2.24) is 0 Å². The smallest absolute Gasteiger partial charge is 0.145 e. The Bertz CT molecular complexity index is 74.8. The van der Waals surface area contributed by atoms with Crippen molar-refractivity contribution >= 4 is 22.1 Å². The molecule has 0 spiro atoms. The second kappa shape index (κ2) is 5.35. The van der Waals surface area contributed by atoms with Crippen LogP contribution < -0.4 is 0 Å². The van der Waals surface area contributed by atoms with Crippen LogP contribution in [0.5, 0.6) is 0 Å². The van der Waals surface area contributed by atoms with E-state index in [9.17, 15) is 0 Å². The van der Waals surface area contributed by atoms with Crippen LogP contribution in [0.1, 0.15) is 6.42 Å². The van der Waals surface area contributed by atoms with E-state index >= 15 is 0 Å². The molecule has 48 valence electrons. The van der Waals surface area contributed by atoms with Crippen molar-refractivity contribution in [1.29, 1.82) is 0 Å². The summed E-state index contributed by atoms with van der Waals surface area (Å²) in [6.07, 6.45) is 0.910. The van der Waals surface area contributed by atoms with Gasteiger partial charge in [-0.15, -0.1) is 11.6 Å². The summed E-state index contributed by atoms with van der Waals surface area (Å²) in [7, 11) is 0.813. The fraction of sp³-hybridized carbons (Fsp3) is 0.600. The minimum Gasteiger partial charge on any atom is -0.428 e. The lowest BCUT2D eigenvalue weighted by Gasteiger charge is -1.97. The Kier molecular flexibility index (Phi) is 5.48. The predicted molar refractivity (Wildman–Crippen MR) is 40.4 cm³/mol. The highest BCUT2D eigenvalue weighted by Crippen LogP contribution is 1.98. The van der Waals surface area contributed by atoms with Crippen molar-refractivity contribution in [2.24, 2.45) is 0 Å². The zero-order chi connectivity index (χ0) is 6.41. The van der Waals surface area contributed by atoms with Crippen molar-refractivity contribution in [2.75, 3.05) is 12.5 Å². The molecule has 0 saturated heterocycles. The van der Waals surface area contributed by atoms with Crippen molar-refractivity contribution in [3.05, 3.63) is 12.2 Å². The van der Waals surface area contributed by atoms with Crippen molar-refractivity contribution in [2.45, 2.75) is 6.42 Å². The van der Waals surface area contributed by atoms with Gasteiger partial charge < -0.3 is 4.43 Å². The molecule has 0 aromatic carbocycles. The van der Waals surface area contributed by atoms with Gasteiger partial charge >= 0.3 is 0 Å². The molecule has 0 aromatic heterocycles. The van der Waals surface area contributed by atoms with E-state index in [1.807, 2.05) is 0 Å². The minimum atomic E-state index is 0.560. The van der Waals surface area contributed by atoms with Crippen LogP contribution in [0.15, 0.2) is 12.2 Å². The Morgan fingerprint density at radius 2 is 2.38 bits per heavy atom. The van der Waals surface area contributed by atoms with Gasteiger partial charge in [-0.05, 0) is 6.42 Å². The first-order chi connectivity index (χ1) is 3.81. The van der Waals surface area contributed by atoms with Crippen LogP contribution in [0.4, 0.5) is 0 Å². The second-order valence-corrected chi connectivity index (χ2v) is 2.47. The normalized spacial score (nSPS) is 9.62. The maximum absolute atomic E-state index is 5.44. The Labute approximate surface area is 58.2 Å². The number of rotatable bonds is 4. The van der Waals surface area contributed by atoms with Gasteiger partial charge in [-0.3, -0.25) is 0 Å². The van der Waals surface area contributed by atoms with Gasteiger partial charge in [-0.25, -0.2) is 0 Å². The number of hydrogen-bond donors (Lipinski definition) is 0. The molecule has 0 saturated carbocycles. The van der Waals surface area contributed by atoms with E-state index in [2.05, 4.69) is 6.58 Å². The maximum Gasteiger partial charge on any atom is 0.145 e. The van der Waals surface area contributed by atoms with E-state index in [0.717, 1.165) is 29.1 Å². The minimum absolute atomic E-state index is 0.560. The average molecular weight is 151 g/mol. The van der Waals surface area contributed by atoms with Gasteiger partial charge in [0.1, 0.15) is 10.5 Å². The highest BCUT2D eigenvalue weighted by atomic mass is 35.5. The molecule has 0 N–H and O–H groups in total. The molecule has 0 amide bonds. The fourth-order valence-electron chi connectivity index (χ4n) is 0.313. The summed E-state index contributed by atoms with van der Waals surface area (Å²) in [4.78, 5) is 0. The summed E-state index contributed by atoms with van der Waals surface area (Å²) >= 11 is 5.44. The van der Waals surface area contributed by atoms with Crippen LogP contribution in [0.2, 0.25) is 0 Å². The van der Waals surface area contributed by atoms with Gasteiger partial charge in [0.2, 0.25) is 0 Å². The molecule has 0 bridgehead atoms. The second-order valence-electron chi connectivity index (χ2n) is 1.63. The molecule has 0 aliphatic carbocycles. The van der Waals surface area contributed by atoms with Crippen LogP contribution in [0.25, 0.3) is 0 Å². The van der Waals surface area contributed by atoms with Gasteiger partial charge in [0, 0.05) is 12.5 Å². The van der Waals surface area contributed by atoms with Gasteiger partial charge in [-0.2, -0.15) is 0 Å². The van der Waals surface area contributed by atoms with Gasteiger partial charge in [0.25, 0.3) is 0 Å².